The number of amides is 2. The summed E-state index contributed by atoms with van der Waals surface area (Å²) in [5, 5.41) is 2.24. The van der Waals surface area contributed by atoms with E-state index in [0.29, 0.717) is 0 Å². The van der Waals surface area contributed by atoms with Crippen LogP contribution in [0.4, 0.5) is 36.8 Å². The number of hydrogen-bond donors (Lipinski definition) is 1. The van der Waals surface area contributed by atoms with Crippen LogP contribution in [0.15, 0.2) is 53.5 Å². The predicted molar refractivity (Wildman–Crippen MR) is 96.3 cm³/mol. The molecular formula is C19H16F6N2O3. The molecule has 0 bridgehead atoms. The highest BCUT2D eigenvalue weighted by Crippen LogP contribution is 2.32. The summed E-state index contributed by atoms with van der Waals surface area (Å²) in [6, 6.07) is 7.51. The minimum Gasteiger partial charge on any atom is -0.474 e. The van der Waals surface area contributed by atoms with E-state index in [-0.39, 0.29) is 5.69 Å². The van der Waals surface area contributed by atoms with Crippen LogP contribution in [0.3, 0.4) is 0 Å². The number of ether oxygens (including phenoxy) is 2. The summed E-state index contributed by atoms with van der Waals surface area (Å²) >= 11 is 0. The summed E-state index contributed by atoms with van der Waals surface area (Å²) in [6.45, 7) is 3.09. The minimum atomic E-state index is -4.87. The fraction of sp³-hybridized carbons (Fsp3) is 0.263. The first-order chi connectivity index (χ1) is 13.8. The van der Waals surface area contributed by atoms with Crippen LogP contribution in [0.2, 0.25) is 0 Å². The van der Waals surface area contributed by atoms with Gasteiger partial charge in [0.1, 0.15) is 5.75 Å². The average molecular weight is 434 g/mol. The van der Waals surface area contributed by atoms with Gasteiger partial charge in [0.2, 0.25) is 5.90 Å². The highest BCUT2D eigenvalue weighted by Gasteiger charge is 2.35. The number of nitrogens with zero attached hydrogens (tertiary/aromatic N) is 1. The van der Waals surface area contributed by atoms with Gasteiger partial charge in [-0.2, -0.15) is 18.2 Å². The lowest BCUT2D eigenvalue weighted by Crippen LogP contribution is -2.21. The molecule has 0 spiro atoms. The highest BCUT2D eigenvalue weighted by molar-refractivity contribution is 6.05. The third kappa shape index (κ3) is 6.98. The topological polar surface area (TPSA) is 59.9 Å². The molecule has 1 N–H and O–H groups in total. The van der Waals surface area contributed by atoms with Gasteiger partial charge in [0, 0.05) is 11.3 Å². The van der Waals surface area contributed by atoms with Gasteiger partial charge in [0.15, 0.2) is 0 Å². The summed E-state index contributed by atoms with van der Waals surface area (Å²) in [6.07, 6.45) is -10.2. The Kier molecular flexibility index (Phi) is 6.96. The summed E-state index contributed by atoms with van der Waals surface area (Å²) < 4.78 is 85.4. The van der Waals surface area contributed by atoms with Gasteiger partial charge in [-0.1, -0.05) is 12.1 Å². The molecule has 0 aliphatic heterocycles. The van der Waals surface area contributed by atoms with Crippen molar-refractivity contribution in [3.63, 3.8) is 0 Å². The van der Waals surface area contributed by atoms with Gasteiger partial charge < -0.3 is 14.8 Å². The molecule has 0 aromatic heterocycles. The normalized spacial score (nSPS) is 12.6. The van der Waals surface area contributed by atoms with Crippen molar-refractivity contribution in [3.8, 4) is 5.75 Å². The van der Waals surface area contributed by atoms with Crippen molar-refractivity contribution in [1.82, 2.24) is 0 Å². The summed E-state index contributed by atoms with van der Waals surface area (Å²) in [7, 11) is 0. The maximum Gasteiger partial charge on any atom is 0.573 e. The van der Waals surface area contributed by atoms with E-state index < -0.39 is 47.4 Å². The van der Waals surface area contributed by atoms with E-state index in [1.807, 2.05) is 0 Å². The van der Waals surface area contributed by atoms with Crippen molar-refractivity contribution >= 4 is 17.6 Å². The van der Waals surface area contributed by atoms with Gasteiger partial charge in [0.05, 0.1) is 11.7 Å². The first-order valence-electron chi connectivity index (χ1n) is 8.44. The Morgan fingerprint density at radius 1 is 0.967 bits per heavy atom. The number of carbonyl (C=O) groups excluding carboxylic acids is 1. The smallest absolute Gasteiger partial charge is 0.474 e. The van der Waals surface area contributed by atoms with Crippen molar-refractivity contribution in [2.24, 2.45) is 4.99 Å². The van der Waals surface area contributed by atoms with Crippen LogP contribution in [0, 0.1) is 0 Å². The van der Waals surface area contributed by atoms with E-state index >= 15 is 0 Å². The van der Waals surface area contributed by atoms with Crippen molar-refractivity contribution in [3.05, 3.63) is 59.7 Å². The van der Waals surface area contributed by atoms with Gasteiger partial charge in [-0.05, 0) is 50.2 Å². The van der Waals surface area contributed by atoms with E-state index in [1.165, 1.54) is 12.1 Å². The van der Waals surface area contributed by atoms with E-state index in [0.717, 1.165) is 36.4 Å². The highest BCUT2D eigenvalue weighted by atomic mass is 19.4. The lowest BCUT2D eigenvalue weighted by atomic mass is 10.1. The van der Waals surface area contributed by atoms with Crippen LogP contribution >= 0.6 is 0 Å². The second-order valence-electron chi connectivity index (χ2n) is 6.13. The first kappa shape index (κ1) is 23.0. The number of anilines is 1. The Bertz CT molecular complexity index is 906. The largest absolute Gasteiger partial charge is 0.573 e. The van der Waals surface area contributed by atoms with Gasteiger partial charge >= 0.3 is 18.6 Å². The summed E-state index contributed by atoms with van der Waals surface area (Å²) in [5.41, 5.74) is -1.42. The van der Waals surface area contributed by atoms with Gasteiger partial charge in [-0.25, -0.2) is 4.79 Å². The predicted octanol–water partition coefficient (Wildman–Crippen LogP) is 6.01. The minimum absolute atomic E-state index is 0.0475. The van der Waals surface area contributed by atoms with E-state index in [1.54, 1.807) is 13.8 Å². The van der Waals surface area contributed by atoms with E-state index in [4.69, 9.17) is 4.74 Å². The molecule has 5 nitrogen and oxygen atoms in total. The number of aliphatic imine (C=N–C) groups is 1. The summed E-state index contributed by atoms with van der Waals surface area (Å²) in [4.78, 5) is 15.8. The quantitative estimate of drug-likeness (QED) is 0.364. The number of halogens is 6. The zero-order chi connectivity index (χ0) is 22.5. The Hall–Kier alpha value is -3.24. The monoisotopic (exact) mass is 434 g/mol. The maximum atomic E-state index is 13.3. The molecule has 0 atom stereocenters. The van der Waals surface area contributed by atoms with Crippen LogP contribution in [-0.4, -0.2) is 24.4 Å². The molecule has 0 aliphatic rings. The van der Waals surface area contributed by atoms with Crippen LogP contribution < -0.4 is 10.1 Å². The molecule has 0 radical (unpaired) electrons. The molecule has 2 amide bonds. The molecule has 30 heavy (non-hydrogen) atoms. The van der Waals surface area contributed by atoms with Crippen LogP contribution in [0.1, 0.15) is 25.0 Å². The molecule has 2 rings (SSSR count). The second-order valence-corrected chi connectivity index (χ2v) is 6.13. The van der Waals surface area contributed by atoms with E-state index in [2.05, 4.69) is 15.0 Å². The zero-order valence-corrected chi connectivity index (χ0v) is 15.6. The summed E-state index contributed by atoms with van der Waals surface area (Å²) in [5.74, 6) is -1.06. The van der Waals surface area contributed by atoms with Crippen molar-refractivity contribution in [2.75, 3.05) is 5.32 Å². The standard InChI is InChI=1S/C19H16F6N2O3/c1-11(2)29-16(14-5-3-4-6-15(14)18(20,21)22)27-17(28)26-12-7-9-13(10-8-12)30-19(23,24)25/h3-11H,1-2H3,(H,26,28). The van der Waals surface area contributed by atoms with Crippen LogP contribution in [0.25, 0.3) is 0 Å². The SMILES string of the molecule is CC(C)OC(=NC(=O)Nc1ccc(OC(F)(F)F)cc1)c1ccccc1C(F)(F)F. The number of carbonyl (C=O) groups is 1. The van der Waals surface area contributed by atoms with Gasteiger partial charge in [0.25, 0.3) is 0 Å². The maximum absolute atomic E-state index is 13.3. The molecule has 2 aromatic carbocycles. The Morgan fingerprint density at radius 3 is 2.10 bits per heavy atom. The fourth-order valence-electron chi connectivity index (χ4n) is 2.27. The van der Waals surface area contributed by atoms with Crippen molar-refractivity contribution in [1.29, 1.82) is 0 Å². The molecule has 0 unspecified atom stereocenters. The van der Waals surface area contributed by atoms with E-state index in [9.17, 15) is 31.1 Å². The molecule has 0 saturated carbocycles. The molecule has 162 valence electrons. The molecule has 2 aromatic rings. The van der Waals surface area contributed by atoms with Gasteiger partial charge in [-0.15, -0.1) is 13.2 Å². The van der Waals surface area contributed by atoms with Crippen molar-refractivity contribution in [2.45, 2.75) is 32.5 Å². The number of hydrogen-bond acceptors (Lipinski definition) is 3. The average Bonchev–Trinajstić information content (AvgIpc) is 2.60. The Morgan fingerprint density at radius 2 is 1.57 bits per heavy atom. The van der Waals surface area contributed by atoms with Crippen LogP contribution in [0.5, 0.6) is 5.75 Å². The van der Waals surface area contributed by atoms with Crippen LogP contribution in [-0.2, 0) is 10.9 Å². The molecule has 0 saturated heterocycles. The number of rotatable bonds is 4. The van der Waals surface area contributed by atoms with Gasteiger partial charge in [-0.3, -0.25) is 0 Å². The third-order valence-corrected chi connectivity index (χ3v) is 3.35. The lowest BCUT2D eigenvalue weighted by Gasteiger charge is -2.17. The molecule has 0 aliphatic carbocycles. The number of alkyl halides is 6. The fourth-order valence-corrected chi connectivity index (χ4v) is 2.27. The number of benzene rings is 2. The Labute approximate surface area is 167 Å². The molecule has 0 fully saturated rings. The number of urea groups is 1. The number of nitrogens with one attached hydrogen (secondary N) is 1. The molecule has 11 heteroatoms. The Balaban J connectivity index is 2.27. The molecule has 0 heterocycles. The third-order valence-electron chi connectivity index (χ3n) is 3.35. The zero-order valence-electron chi connectivity index (χ0n) is 15.6. The second kappa shape index (κ2) is 9.06. The van der Waals surface area contributed by atoms with Crippen molar-refractivity contribution < 1.29 is 40.6 Å². The lowest BCUT2D eigenvalue weighted by molar-refractivity contribution is -0.274. The molecular weight excluding hydrogens is 418 g/mol. The first-order valence-corrected chi connectivity index (χ1v) is 8.44.